The van der Waals surface area contributed by atoms with Crippen LogP contribution in [0.1, 0.15) is 29.3 Å². The summed E-state index contributed by atoms with van der Waals surface area (Å²) in [5.74, 6) is 1.20. The molecule has 6 nitrogen and oxygen atoms in total. The Balaban J connectivity index is 1.46. The lowest BCUT2D eigenvalue weighted by Crippen LogP contribution is -2.09. The summed E-state index contributed by atoms with van der Waals surface area (Å²) < 4.78 is 1.85. The van der Waals surface area contributed by atoms with Crippen LogP contribution in [-0.4, -0.2) is 20.0 Å². The fraction of sp³-hybridized carbons (Fsp3) is 0.200. The highest BCUT2D eigenvalue weighted by Gasteiger charge is 2.26. The molecule has 4 aromatic rings. The molecule has 0 saturated heterocycles. The Morgan fingerprint density at radius 3 is 2.71 bits per heavy atom. The summed E-state index contributed by atoms with van der Waals surface area (Å²) in [6.45, 7) is 2.22. The third kappa shape index (κ3) is 4.47. The van der Waals surface area contributed by atoms with Crippen molar-refractivity contribution in [3.8, 4) is 23.1 Å². The lowest BCUT2D eigenvalue weighted by atomic mass is 9.89. The smallest absolute Gasteiger partial charge is 0.291 e. The average molecular weight is 506 g/mol. The summed E-state index contributed by atoms with van der Waals surface area (Å²) in [6, 6.07) is 19.3. The number of halogens is 1. The minimum atomic E-state index is -0.310. The van der Waals surface area contributed by atoms with Crippen LogP contribution in [0.2, 0.25) is 5.02 Å². The lowest BCUT2D eigenvalue weighted by molar-refractivity contribution is 0.269. The number of carbonyl (C=O) groups excluding carboxylic acids is 1. The summed E-state index contributed by atoms with van der Waals surface area (Å²) in [5.41, 5.74) is 3.35. The molecule has 1 unspecified atom stereocenters. The van der Waals surface area contributed by atoms with Crippen molar-refractivity contribution in [3.63, 3.8) is 0 Å². The molecule has 1 N–H and O–H groups in total. The first kappa shape index (κ1) is 22.7. The third-order valence-corrected chi connectivity index (χ3v) is 7.93. The SMILES string of the molecule is CC1CCc2c(sc(NC(=O)Sc3nnc(-c4ccc(Cl)cc4)n3-c3ccccc3)c2C#N)C1. The Labute approximate surface area is 210 Å². The Morgan fingerprint density at radius 2 is 1.97 bits per heavy atom. The monoisotopic (exact) mass is 505 g/mol. The Hall–Kier alpha value is -3.12. The highest BCUT2D eigenvalue weighted by Crippen LogP contribution is 2.40. The second-order valence-corrected chi connectivity index (χ2v) is 10.6. The number of rotatable bonds is 4. The summed E-state index contributed by atoms with van der Waals surface area (Å²) in [6.07, 6.45) is 2.89. The molecule has 1 amide bonds. The van der Waals surface area contributed by atoms with E-state index in [1.807, 2.05) is 47.0 Å². The van der Waals surface area contributed by atoms with Gasteiger partial charge in [-0.25, -0.2) is 0 Å². The third-order valence-electron chi connectivity index (χ3n) is 5.77. The molecule has 0 radical (unpaired) electrons. The first-order valence-electron chi connectivity index (χ1n) is 10.8. The van der Waals surface area contributed by atoms with Gasteiger partial charge in [-0.15, -0.1) is 21.5 Å². The maximum Gasteiger partial charge on any atom is 0.291 e. The number of nitrogens with one attached hydrogen (secondary N) is 1. The zero-order valence-electron chi connectivity index (χ0n) is 18.3. The highest BCUT2D eigenvalue weighted by molar-refractivity contribution is 8.13. The number of carbonyl (C=O) groups is 1. The highest BCUT2D eigenvalue weighted by atomic mass is 35.5. The van der Waals surface area contributed by atoms with Gasteiger partial charge in [-0.05, 0) is 67.1 Å². The van der Waals surface area contributed by atoms with Gasteiger partial charge in [0, 0.05) is 32.9 Å². The van der Waals surface area contributed by atoms with Crippen molar-refractivity contribution in [2.45, 2.75) is 31.3 Å². The molecule has 0 bridgehead atoms. The van der Waals surface area contributed by atoms with Crippen molar-refractivity contribution in [1.29, 1.82) is 5.26 Å². The molecule has 2 heterocycles. The zero-order chi connectivity index (χ0) is 23.7. The van der Waals surface area contributed by atoms with E-state index in [2.05, 4.69) is 28.5 Å². The molecule has 2 aromatic carbocycles. The minimum absolute atomic E-state index is 0.310. The van der Waals surface area contributed by atoms with Crippen LogP contribution in [-0.2, 0) is 12.8 Å². The van der Waals surface area contributed by atoms with Gasteiger partial charge in [0.15, 0.2) is 5.82 Å². The van der Waals surface area contributed by atoms with Gasteiger partial charge in [0.05, 0.1) is 5.56 Å². The van der Waals surface area contributed by atoms with Crippen LogP contribution in [0.5, 0.6) is 0 Å². The predicted octanol–water partition coefficient (Wildman–Crippen LogP) is 6.97. The lowest BCUT2D eigenvalue weighted by Gasteiger charge is -2.17. The molecule has 2 aromatic heterocycles. The van der Waals surface area contributed by atoms with Crippen LogP contribution in [0.15, 0.2) is 59.8 Å². The van der Waals surface area contributed by atoms with Crippen LogP contribution in [0.3, 0.4) is 0 Å². The summed E-state index contributed by atoms with van der Waals surface area (Å²) >= 11 is 8.52. The second-order valence-electron chi connectivity index (χ2n) is 8.17. The average Bonchev–Trinajstić information content (AvgIpc) is 3.40. The van der Waals surface area contributed by atoms with E-state index in [0.717, 1.165) is 47.8 Å². The minimum Gasteiger partial charge on any atom is -0.307 e. The number of aromatic nitrogens is 3. The Kier molecular flexibility index (Phi) is 6.42. The van der Waals surface area contributed by atoms with Gasteiger partial charge in [-0.2, -0.15) is 5.26 Å². The number of benzene rings is 2. The zero-order valence-corrected chi connectivity index (χ0v) is 20.7. The number of hydrogen-bond acceptors (Lipinski definition) is 6. The number of thioether (sulfide) groups is 1. The van der Waals surface area contributed by atoms with Crippen molar-refractivity contribution in [1.82, 2.24) is 14.8 Å². The van der Waals surface area contributed by atoms with E-state index in [1.165, 1.54) is 16.2 Å². The molecule has 9 heteroatoms. The number of para-hydroxylation sites is 1. The molecule has 1 atom stereocenters. The number of hydrogen-bond donors (Lipinski definition) is 1. The summed E-state index contributed by atoms with van der Waals surface area (Å²) in [5, 5.41) is 22.7. The fourth-order valence-corrected chi connectivity index (χ4v) is 6.32. The van der Waals surface area contributed by atoms with E-state index >= 15 is 0 Å². The molecule has 5 rings (SSSR count). The molecule has 0 fully saturated rings. The van der Waals surface area contributed by atoms with Gasteiger partial charge in [0.1, 0.15) is 11.1 Å². The maximum atomic E-state index is 13.1. The van der Waals surface area contributed by atoms with Crippen molar-refractivity contribution >= 4 is 44.9 Å². The van der Waals surface area contributed by atoms with Gasteiger partial charge in [-0.1, -0.05) is 36.7 Å². The topological polar surface area (TPSA) is 83.6 Å². The molecule has 0 saturated carbocycles. The van der Waals surface area contributed by atoms with Crippen molar-refractivity contribution in [2.75, 3.05) is 5.32 Å². The van der Waals surface area contributed by atoms with Crippen LogP contribution in [0.25, 0.3) is 17.1 Å². The van der Waals surface area contributed by atoms with Gasteiger partial charge in [-0.3, -0.25) is 9.36 Å². The number of thiophene rings is 1. The molecular weight excluding hydrogens is 486 g/mol. The molecule has 34 heavy (non-hydrogen) atoms. The Morgan fingerprint density at radius 1 is 1.21 bits per heavy atom. The van der Waals surface area contributed by atoms with E-state index in [0.29, 0.717) is 32.5 Å². The molecule has 1 aliphatic rings. The first-order chi connectivity index (χ1) is 16.5. The standard InChI is InChI=1S/C25H20ClN5OS2/c1-15-7-12-19-20(14-27)23(33-21(19)13-15)28-25(32)34-24-30-29-22(16-8-10-17(26)11-9-16)31(24)18-5-3-2-4-6-18/h2-6,8-11,15H,7,12-13H2,1H3,(H,28,32). The normalized spacial score (nSPS) is 14.9. The van der Waals surface area contributed by atoms with Gasteiger partial charge in [0.25, 0.3) is 5.24 Å². The van der Waals surface area contributed by atoms with Gasteiger partial charge >= 0.3 is 0 Å². The van der Waals surface area contributed by atoms with Crippen LogP contribution in [0.4, 0.5) is 9.80 Å². The quantitative estimate of drug-likeness (QED) is 0.303. The molecule has 0 aliphatic heterocycles. The predicted molar refractivity (Wildman–Crippen MR) is 137 cm³/mol. The molecule has 1 aliphatic carbocycles. The van der Waals surface area contributed by atoms with E-state index < -0.39 is 0 Å². The van der Waals surface area contributed by atoms with Crippen LogP contribution < -0.4 is 5.32 Å². The van der Waals surface area contributed by atoms with Crippen molar-refractivity contribution in [2.24, 2.45) is 5.92 Å². The Bertz CT molecular complexity index is 1390. The number of fused-ring (bicyclic) bond motifs is 1. The molecule has 0 spiro atoms. The van der Waals surface area contributed by atoms with E-state index in [-0.39, 0.29) is 5.24 Å². The molecule has 170 valence electrons. The fourth-order valence-electron chi connectivity index (χ4n) is 4.09. The van der Waals surface area contributed by atoms with E-state index in [4.69, 9.17) is 11.6 Å². The summed E-state index contributed by atoms with van der Waals surface area (Å²) in [4.78, 5) is 14.3. The second kappa shape index (κ2) is 9.63. The summed E-state index contributed by atoms with van der Waals surface area (Å²) in [7, 11) is 0. The number of nitrogens with zero attached hydrogens (tertiary/aromatic N) is 4. The largest absolute Gasteiger partial charge is 0.307 e. The van der Waals surface area contributed by atoms with Crippen LogP contribution in [0, 0.1) is 17.2 Å². The van der Waals surface area contributed by atoms with E-state index in [9.17, 15) is 10.1 Å². The maximum absolute atomic E-state index is 13.1. The first-order valence-corrected chi connectivity index (χ1v) is 12.8. The van der Waals surface area contributed by atoms with Crippen molar-refractivity contribution in [3.05, 3.63) is 75.6 Å². The van der Waals surface area contributed by atoms with Gasteiger partial charge < -0.3 is 5.32 Å². The van der Waals surface area contributed by atoms with Gasteiger partial charge in [0.2, 0.25) is 5.16 Å². The molecular formula is C25H20ClN5OS2. The van der Waals surface area contributed by atoms with E-state index in [1.54, 1.807) is 12.1 Å². The number of amides is 1. The van der Waals surface area contributed by atoms with Crippen LogP contribution >= 0.6 is 34.7 Å². The van der Waals surface area contributed by atoms with Crippen molar-refractivity contribution < 1.29 is 4.79 Å². The number of nitriles is 1. The number of anilines is 1.